The highest BCUT2D eigenvalue weighted by Gasteiger charge is 2.38. The lowest BCUT2D eigenvalue weighted by Gasteiger charge is -2.21. The first-order valence-electron chi connectivity index (χ1n) is 9.31. The van der Waals surface area contributed by atoms with Crippen LogP contribution in [-0.4, -0.2) is 18.8 Å². The number of nitrogens with zero attached hydrogens (tertiary/aromatic N) is 1. The summed E-state index contributed by atoms with van der Waals surface area (Å²) in [6.07, 6.45) is 6.10. The van der Waals surface area contributed by atoms with Gasteiger partial charge in [-0.25, -0.2) is 4.99 Å². The molecule has 0 heterocycles. The normalized spacial score (nSPS) is 17.4. The van der Waals surface area contributed by atoms with Crippen molar-refractivity contribution in [2.75, 3.05) is 6.54 Å². The van der Waals surface area contributed by atoms with E-state index >= 15 is 0 Å². The third-order valence-corrected chi connectivity index (χ3v) is 4.87. The topological polar surface area (TPSA) is 36.4 Å². The molecule has 1 aliphatic rings. The molecule has 0 aliphatic heterocycles. The summed E-state index contributed by atoms with van der Waals surface area (Å²) in [5.74, 6) is 1.64. The summed E-state index contributed by atoms with van der Waals surface area (Å²) >= 11 is 0. The smallest absolute Gasteiger partial charge is 0.129 e. The van der Waals surface area contributed by atoms with Crippen molar-refractivity contribution in [3.63, 3.8) is 0 Å². The van der Waals surface area contributed by atoms with E-state index < -0.39 is 0 Å². The summed E-state index contributed by atoms with van der Waals surface area (Å²) in [5, 5.41) is 7.06. The molecule has 136 valence electrons. The van der Waals surface area contributed by atoms with Gasteiger partial charge in [-0.1, -0.05) is 38.8 Å². The van der Waals surface area contributed by atoms with Crippen LogP contribution in [0.2, 0.25) is 0 Å². The lowest BCUT2D eigenvalue weighted by Crippen LogP contribution is -2.28. The molecule has 1 saturated carbocycles. The maximum atomic E-state index is 4.28. The first-order valence-corrected chi connectivity index (χ1v) is 9.31. The predicted octanol–water partition coefficient (Wildman–Crippen LogP) is 5.33. The molecule has 0 amide bonds. The zero-order valence-electron chi connectivity index (χ0n) is 16.7. The van der Waals surface area contributed by atoms with Gasteiger partial charge in [-0.2, -0.15) is 0 Å². The van der Waals surface area contributed by atoms with Crippen LogP contribution < -0.4 is 10.6 Å². The monoisotopic (exact) mass is 331 g/mol. The summed E-state index contributed by atoms with van der Waals surface area (Å²) < 4.78 is 0. The molecule has 24 heavy (non-hydrogen) atoms. The fourth-order valence-electron chi connectivity index (χ4n) is 3.07. The average molecular weight is 332 g/mol. The molecule has 1 rings (SSSR count). The van der Waals surface area contributed by atoms with E-state index in [0.717, 1.165) is 35.1 Å². The number of allylic oxidation sites excluding steroid dienone is 2. The van der Waals surface area contributed by atoms with Crippen LogP contribution >= 0.6 is 0 Å². The van der Waals surface area contributed by atoms with Crippen LogP contribution in [0.1, 0.15) is 73.6 Å². The molecule has 3 heteroatoms. The van der Waals surface area contributed by atoms with Gasteiger partial charge in [0.05, 0.1) is 0 Å². The van der Waals surface area contributed by atoms with Crippen molar-refractivity contribution in [3.05, 3.63) is 34.8 Å². The van der Waals surface area contributed by atoms with E-state index in [4.69, 9.17) is 0 Å². The van der Waals surface area contributed by atoms with Gasteiger partial charge in [0.15, 0.2) is 0 Å². The second kappa shape index (κ2) is 9.10. The molecule has 1 unspecified atom stereocenters. The zero-order chi connectivity index (χ0) is 18.3. The highest BCUT2D eigenvalue weighted by molar-refractivity contribution is 5.49. The Morgan fingerprint density at radius 3 is 2.29 bits per heavy atom. The Morgan fingerprint density at radius 2 is 1.83 bits per heavy atom. The number of rotatable bonds is 11. The van der Waals surface area contributed by atoms with E-state index in [0.29, 0.717) is 0 Å². The predicted molar refractivity (Wildman–Crippen MR) is 107 cm³/mol. The molecule has 0 aromatic rings. The van der Waals surface area contributed by atoms with Gasteiger partial charge in [-0.05, 0) is 59.6 Å². The Labute approximate surface area is 149 Å². The van der Waals surface area contributed by atoms with Gasteiger partial charge < -0.3 is 10.6 Å². The molecule has 0 bridgehead atoms. The fourth-order valence-corrected chi connectivity index (χ4v) is 3.07. The van der Waals surface area contributed by atoms with Crippen LogP contribution in [-0.2, 0) is 0 Å². The minimum atomic E-state index is 0.189. The van der Waals surface area contributed by atoms with E-state index in [-0.39, 0.29) is 5.54 Å². The number of nitrogens with one attached hydrogen (secondary N) is 2. The minimum Gasteiger partial charge on any atom is -0.385 e. The van der Waals surface area contributed by atoms with Crippen molar-refractivity contribution in [2.24, 2.45) is 10.9 Å². The lowest BCUT2D eigenvalue weighted by molar-refractivity contribution is 0.478. The average Bonchev–Trinajstić information content (AvgIpc) is 3.22. The second-order valence-electron chi connectivity index (χ2n) is 7.78. The fraction of sp³-hybridized carbons (Fsp3) is 0.667. The van der Waals surface area contributed by atoms with Crippen molar-refractivity contribution in [1.29, 1.82) is 0 Å². The second-order valence-corrected chi connectivity index (χ2v) is 7.78. The molecule has 0 aromatic heterocycles. The van der Waals surface area contributed by atoms with Gasteiger partial charge in [0.1, 0.15) is 5.82 Å². The van der Waals surface area contributed by atoms with E-state index in [2.05, 4.69) is 70.5 Å². The van der Waals surface area contributed by atoms with Gasteiger partial charge in [0.2, 0.25) is 0 Å². The Morgan fingerprint density at radius 1 is 1.21 bits per heavy atom. The summed E-state index contributed by atoms with van der Waals surface area (Å²) in [7, 11) is 0. The van der Waals surface area contributed by atoms with Gasteiger partial charge in [-0.3, -0.25) is 0 Å². The molecule has 0 spiro atoms. The lowest BCUT2D eigenvalue weighted by atomic mass is 9.98. The molecular weight excluding hydrogens is 294 g/mol. The summed E-state index contributed by atoms with van der Waals surface area (Å²) in [6.45, 7) is 22.2. The number of hydrogen-bond donors (Lipinski definition) is 2. The minimum absolute atomic E-state index is 0.189. The maximum Gasteiger partial charge on any atom is 0.129 e. The molecule has 0 radical (unpaired) electrons. The molecule has 1 fully saturated rings. The van der Waals surface area contributed by atoms with Crippen LogP contribution in [0.5, 0.6) is 0 Å². The molecule has 0 saturated heterocycles. The SMILES string of the molecule is C=N/C(NC1(C)CC1)=C(\C)C(C(=C)NCCC(C)CCC)=C(C)C. The Balaban J connectivity index is 2.80. The zero-order valence-corrected chi connectivity index (χ0v) is 16.7. The first-order chi connectivity index (χ1) is 11.2. The van der Waals surface area contributed by atoms with Gasteiger partial charge in [0.25, 0.3) is 0 Å². The van der Waals surface area contributed by atoms with E-state index in [1.54, 1.807) is 0 Å². The van der Waals surface area contributed by atoms with Crippen LogP contribution in [0.3, 0.4) is 0 Å². The number of hydrogen-bond acceptors (Lipinski definition) is 3. The van der Waals surface area contributed by atoms with Crippen LogP contribution in [0.4, 0.5) is 0 Å². The van der Waals surface area contributed by atoms with Crippen molar-refractivity contribution < 1.29 is 0 Å². The Hall–Kier alpha value is -1.51. The highest BCUT2D eigenvalue weighted by Crippen LogP contribution is 2.36. The van der Waals surface area contributed by atoms with E-state index in [1.165, 1.54) is 37.7 Å². The van der Waals surface area contributed by atoms with Crippen LogP contribution in [0.25, 0.3) is 0 Å². The van der Waals surface area contributed by atoms with Gasteiger partial charge >= 0.3 is 0 Å². The van der Waals surface area contributed by atoms with Gasteiger partial charge in [0, 0.05) is 28.9 Å². The summed E-state index contributed by atoms with van der Waals surface area (Å²) in [4.78, 5) is 4.25. The number of aliphatic imine (C=N–C) groups is 1. The first kappa shape index (κ1) is 20.5. The van der Waals surface area contributed by atoms with Crippen molar-refractivity contribution in [3.8, 4) is 0 Å². The molecular formula is C21H37N3. The van der Waals surface area contributed by atoms with Crippen LogP contribution in [0, 0.1) is 5.92 Å². The molecule has 2 N–H and O–H groups in total. The largest absolute Gasteiger partial charge is 0.385 e. The van der Waals surface area contributed by atoms with Crippen molar-refractivity contribution >= 4 is 6.72 Å². The van der Waals surface area contributed by atoms with E-state index in [1.807, 2.05) is 0 Å². The van der Waals surface area contributed by atoms with Crippen LogP contribution in [0.15, 0.2) is 39.8 Å². The van der Waals surface area contributed by atoms with Crippen molar-refractivity contribution in [2.45, 2.75) is 79.2 Å². The third kappa shape index (κ3) is 6.18. The molecule has 1 atom stereocenters. The summed E-state index contributed by atoms with van der Waals surface area (Å²) in [6, 6.07) is 0. The third-order valence-electron chi connectivity index (χ3n) is 4.87. The molecule has 0 aromatic carbocycles. The van der Waals surface area contributed by atoms with Gasteiger partial charge in [-0.15, -0.1) is 0 Å². The highest BCUT2D eigenvalue weighted by atomic mass is 15.1. The quantitative estimate of drug-likeness (QED) is 0.397. The Bertz CT molecular complexity index is 517. The molecule has 1 aliphatic carbocycles. The molecule has 3 nitrogen and oxygen atoms in total. The standard InChI is InChI=1S/C21H37N3/c1-9-10-16(4)11-14-23-18(6)19(15(2)3)17(5)20(22-8)24-21(7)12-13-21/h16,23-24H,6,8-14H2,1-5,7H3/b20-17-. The van der Waals surface area contributed by atoms with Crippen molar-refractivity contribution in [1.82, 2.24) is 10.6 Å². The summed E-state index contributed by atoms with van der Waals surface area (Å²) in [5.41, 5.74) is 4.71. The Kier molecular flexibility index (Phi) is 7.78. The maximum absolute atomic E-state index is 4.28. The van der Waals surface area contributed by atoms with E-state index in [9.17, 15) is 0 Å².